The van der Waals surface area contributed by atoms with Crippen molar-refractivity contribution in [1.29, 1.82) is 0 Å². The van der Waals surface area contributed by atoms with E-state index in [4.69, 9.17) is 0 Å². The van der Waals surface area contributed by atoms with Crippen LogP contribution in [0.15, 0.2) is 36.0 Å². The molecule has 0 amide bonds. The van der Waals surface area contributed by atoms with E-state index in [0.29, 0.717) is 0 Å². The molecule has 0 aromatic carbocycles. The quantitative estimate of drug-likeness (QED) is 0.456. The van der Waals surface area contributed by atoms with Gasteiger partial charge in [-0.15, -0.1) is 0 Å². The van der Waals surface area contributed by atoms with Crippen LogP contribution in [0.4, 0.5) is 0 Å². The third-order valence-corrected chi connectivity index (χ3v) is 1.99. The highest BCUT2D eigenvalue weighted by Crippen LogP contribution is 2.14. The highest BCUT2D eigenvalue weighted by molar-refractivity contribution is 5.26. The smallest absolute Gasteiger partial charge is 0.0308 e. The summed E-state index contributed by atoms with van der Waals surface area (Å²) in [6.07, 6.45) is 9.57. The molecule has 17 heavy (non-hydrogen) atoms. The Morgan fingerprint density at radius 3 is 1.82 bits per heavy atom. The topological polar surface area (TPSA) is 0 Å². The van der Waals surface area contributed by atoms with Gasteiger partial charge in [0, 0.05) is 0 Å². The van der Waals surface area contributed by atoms with Crippen LogP contribution in [0, 0.1) is 0 Å². The molecular formula is C17H36. The van der Waals surface area contributed by atoms with Crippen molar-refractivity contribution < 1.29 is 0 Å². The van der Waals surface area contributed by atoms with Crippen LogP contribution in [0.1, 0.15) is 75.2 Å². The molecular weight excluding hydrogens is 204 g/mol. The summed E-state index contributed by atoms with van der Waals surface area (Å²) in [4.78, 5) is 0. The first kappa shape index (κ1) is 25.2. The molecule has 0 bridgehead atoms. The first-order valence-corrected chi connectivity index (χ1v) is 6.73. The molecule has 0 N–H and O–H groups in total. The molecule has 0 spiro atoms. The first-order chi connectivity index (χ1) is 7.76. The number of allylic oxidation sites excluding steroid dienone is 5. The molecule has 0 atom stereocenters. The van der Waals surface area contributed by atoms with E-state index in [1.54, 1.807) is 0 Å². The average Bonchev–Trinajstić information content (AvgIpc) is 2.35. The summed E-state index contributed by atoms with van der Waals surface area (Å²) < 4.78 is 0. The van der Waals surface area contributed by atoms with Crippen molar-refractivity contribution in [2.75, 3.05) is 0 Å². The SMILES string of the molecule is C.C=C/C=C\C(CC)=C(/C)CCC.CC.CC. The zero-order chi connectivity index (χ0) is 13.4. The highest BCUT2D eigenvalue weighted by Gasteiger charge is 1.94. The monoisotopic (exact) mass is 240 g/mol. The van der Waals surface area contributed by atoms with Crippen molar-refractivity contribution in [3.05, 3.63) is 36.0 Å². The summed E-state index contributed by atoms with van der Waals surface area (Å²) in [6, 6.07) is 0. The van der Waals surface area contributed by atoms with E-state index >= 15 is 0 Å². The Bertz CT molecular complexity index is 182. The molecule has 0 aliphatic rings. The van der Waals surface area contributed by atoms with Gasteiger partial charge in [-0.2, -0.15) is 0 Å². The maximum atomic E-state index is 3.66. The predicted molar refractivity (Wildman–Crippen MR) is 86.7 cm³/mol. The second-order valence-corrected chi connectivity index (χ2v) is 3.00. The van der Waals surface area contributed by atoms with Gasteiger partial charge in [0.2, 0.25) is 0 Å². The van der Waals surface area contributed by atoms with Crippen molar-refractivity contribution in [2.45, 2.75) is 75.2 Å². The summed E-state index contributed by atoms with van der Waals surface area (Å²) in [7, 11) is 0. The molecule has 0 saturated carbocycles. The van der Waals surface area contributed by atoms with Gasteiger partial charge >= 0.3 is 0 Å². The second kappa shape index (κ2) is 24.4. The van der Waals surface area contributed by atoms with Crippen LogP contribution in [0.25, 0.3) is 0 Å². The lowest BCUT2D eigenvalue weighted by molar-refractivity contribution is 0.883. The lowest BCUT2D eigenvalue weighted by Crippen LogP contribution is -1.83. The van der Waals surface area contributed by atoms with Gasteiger partial charge in [-0.1, -0.05) is 85.8 Å². The normalized spacial score (nSPS) is 10.1. The molecule has 0 aromatic heterocycles. The van der Waals surface area contributed by atoms with Gasteiger partial charge in [-0.25, -0.2) is 0 Å². The third-order valence-electron chi connectivity index (χ3n) is 1.99. The molecule has 104 valence electrons. The van der Waals surface area contributed by atoms with Crippen LogP contribution >= 0.6 is 0 Å². The van der Waals surface area contributed by atoms with Crippen LogP contribution in [-0.2, 0) is 0 Å². The standard InChI is InChI=1S/C12H20.2C2H6.CH4/c1-5-8-10-12(7-3)11(4)9-6-2;2*1-2;/h5,8,10H,1,6-7,9H2,2-4H3;2*1-2H3;1H4/b10-8-,12-11+;;;. The van der Waals surface area contributed by atoms with Crippen LogP contribution < -0.4 is 0 Å². The molecule has 0 aromatic rings. The van der Waals surface area contributed by atoms with Crippen molar-refractivity contribution >= 4 is 0 Å². The Morgan fingerprint density at radius 1 is 1.06 bits per heavy atom. The Hall–Kier alpha value is -0.780. The lowest BCUT2D eigenvalue weighted by Gasteiger charge is -2.04. The van der Waals surface area contributed by atoms with Crippen LogP contribution in [-0.4, -0.2) is 0 Å². The highest BCUT2D eigenvalue weighted by atomic mass is 14.0. The van der Waals surface area contributed by atoms with Crippen LogP contribution in [0.2, 0.25) is 0 Å². The molecule has 0 rings (SSSR count). The fraction of sp³-hybridized carbons (Fsp3) is 0.647. The van der Waals surface area contributed by atoms with Gasteiger partial charge in [0.05, 0.1) is 0 Å². The summed E-state index contributed by atoms with van der Waals surface area (Å²) in [5.74, 6) is 0. The van der Waals surface area contributed by atoms with E-state index < -0.39 is 0 Å². The Morgan fingerprint density at radius 2 is 1.53 bits per heavy atom. The van der Waals surface area contributed by atoms with Gasteiger partial charge in [0.25, 0.3) is 0 Å². The molecule has 0 heteroatoms. The van der Waals surface area contributed by atoms with E-state index in [0.717, 1.165) is 6.42 Å². The lowest BCUT2D eigenvalue weighted by atomic mass is 10.0. The third kappa shape index (κ3) is 17.8. The zero-order valence-electron chi connectivity index (χ0n) is 12.6. The largest absolute Gasteiger partial charge is 0.0991 e. The van der Waals surface area contributed by atoms with E-state index in [2.05, 4.69) is 33.4 Å². The summed E-state index contributed by atoms with van der Waals surface area (Å²) in [6.45, 7) is 18.3. The minimum atomic E-state index is 0. The molecule has 0 heterocycles. The maximum absolute atomic E-state index is 3.66. The van der Waals surface area contributed by atoms with Crippen LogP contribution in [0.5, 0.6) is 0 Å². The van der Waals surface area contributed by atoms with Crippen molar-refractivity contribution in [3.8, 4) is 0 Å². The van der Waals surface area contributed by atoms with E-state index in [1.807, 2.05) is 39.8 Å². The van der Waals surface area contributed by atoms with Crippen molar-refractivity contribution in [1.82, 2.24) is 0 Å². The molecule has 0 radical (unpaired) electrons. The average molecular weight is 240 g/mol. The predicted octanol–water partition coefficient (Wildman–Crippen LogP) is 6.94. The summed E-state index contributed by atoms with van der Waals surface area (Å²) in [5.41, 5.74) is 2.97. The minimum absolute atomic E-state index is 0. The Balaban J connectivity index is -0.000000152. The fourth-order valence-corrected chi connectivity index (χ4v) is 1.28. The molecule has 0 aliphatic heterocycles. The van der Waals surface area contributed by atoms with Crippen molar-refractivity contribution in [2.24, 2.45) is 0 Å². The Kier molecular flexibility index (Phi) is 36.2. The van der Waals surface area contributed by atoms with Gasteiger partial charge in [0.15, 0.2) is 0 Å². The first-order valence-electron chi connectivity index (χ1n) is 6.73. The number of hydrogen-bond donors (Lipinski definition) is 0. The van der Waals surface area contributed by atoms with Gasteiger partial charge < -0.3 is 0 Å². The molecule has 0 fully saturated rings. The van der Waals surface area contributed by atoms with Gasteiger partial charge in [-0.3, -0.25) is 0 Å². The number of hydrogen-bond acceptors (Lipinski definition) is 0. The second-order valence-electron chi connectivity index (χ2n) is 3.00. The van der Waals surface area contributed by atoms with Crippen LogP contribution in [0.3, 0.4) is 0 Å². The summed E-state index contributed by atoms with van der Waals surface area (Å²) in [5, 5.41) is 0. The molecule has 0 nitrogen and oxygen atoms in total. The molecule has 0 aliphatic carbocycles. The van der Waals surface area contributed by atoms with Gasteiger partial charge in [-0.05, 0) is 25.3 Å². The zero-order valence-corrected chi connectivity index (χ0v) is 12.6. The van der Waals surface area contributed by atoms with Crippen molar-refractivity contribution in [3.63, 3.8) is 0 Å². The minimum Gasteiger partial charge on any atom is -0.0991 e. The fourth-order valence-electron chi connectivity index (χ4n) is 1.28. The Labute approximate surface area is 112 Å². The summed E-state index contributed by atoms with van der Waals surface area (Å²) >= 11 is 0. The van der Waals surface area contributed by atoms with E-state index in [9.17, 15) is 0 Å². The van der Waals surface area contributed by atoms with E-state index in [1.165, 1.54) is 24.0 Å². The number of rotatable bonds is 5. The molecule has 0 saturated heterocycles. The van der Waals surface area contributed by atoms with E-state index in [-0.39, 0.29) is 7.43 Å². The maximum Gasteiger partial charge on any atom is -0.0308 e. The molecule has 0 unspecified atom stereocenters. The van der Waals surface area contributed by atoms with Gasteiger partial charge in [0.1, 0.15) is 0 Å².